The van der Waals surface area contributed by atoms with Gasteiger partial charge in [-0.2, -0.15) is 0 Å². The zero-order chi connectivity index (χ0) is 12.8. The smallest absolute Gasteiger partial charge is 0.226 e. The molecule has 0 unspecified atom stereocenters. The molecule has 98 valence electrons. The van der Waals surface area contributed by atoms with Crippen molar-refractivity contribution < 1.29 is 14.6 Å². The minimum Gasteiger partial charge on any atom is -0.504 e. The Morgan fingerprint density at radius 1 is 1.33 bits per heavy atom. The molecule has 0 aliphatic carbocycles. The fourth-order valence-corrected chi connectivity index (χ4v) is 1.90. The maximum absolute atomic E-state index is 11.8. The average molecular weight is 250 g/mol. The number of carbonyl (C=O) groups excluding carboxylic acids is 1. The van der Waals surface area contributed by atoms with Gasteiger partial charge in [-0.25, -0.2) is 0 Å². The highest BCUT2D eigenvalue weighted by Gasteiger charge is 2.15. The standard InChI is InChI=1S/C13H18N2O3/c16-11-3-1-2-4-12(11)18-10-5-13(17)15-8-6-14-7-9-15/h1-4,14,16H,5-10H2. The fraction of sp³-hybridized carbons (Fsp3) is 0.462. The normalized spacial score (nSPS) is 15.4. The molecule has 0 bridgehead atoms. The highest BCUT2D eigenvalue weighted by atomic mass is 16.5. The number of ether oxygens (including phenoxy) is 1. The molecule has 18 heavy (non-hydrogen) atoms. The lowest BCUT2D eigenvalue weighted by Gasteiger charge is -2.27. The molecule has 1 aromatic carbocycles. The summed E-state index contributed by atoms with van der Waals surface area (Å²) in [6.45, 7) is 3.52. The van der Waals surface area contributed by atoms with Crippen LogP contribution in [-0.2, 0) is 4.79 Å². The molecule has 0 aromatic heterocycles. The van der Waals surface area contributed by atoms with Gasteiger partial charge in [-0.1, -0.05) is 12.1 Å². The summed E-state index contributed by atoms with van der Waals surface area (Å²) >= 11 is 0. The molecule has 0 saturated carbocycles. The number of nitrogens with zero attached hydrogens (tertiary/aromatic N) is 1. The number of phenolic OH excluding ortho intramolecular Hbond substituents is 1. The van der Waals surface area contributed by atoms with Crippen LogP contribution in [0.25, 0.3) is 0 Å². The second kappa shape index (κ2) is 6.26. The third-order valence-corrected chi connectivity index (χ3v) is 2.91. The van der Waals surface area contributed by atoms with E-state index in [2.05, 4.69) is 5.32 Å². The van der Waals surface area contributed by atoms with E-state index in [4.69, 9.17) is 4.74 Å². The monoisotopic (exact) mass is 250 g/mol. The number of aromatic hydroxyl groups is 1. The summed E-state index contributed by atoms with van der Waals surface area (Å²) in [7, 11) is 0. The van der Waals surface area contributed by atoms with E-state index in [0.29, 0.717) is 18.8 Å². The molecule has 1 saturated heterocycles. The Labute approximate surface area is 106 Å². The van der Waals surface area contributed by atoms with Crippen molar-refractivity contribution in [3.8, 4) is 11.5 Å². The minimum atomic E-state index is 0.104. The molecule has 5 heteroatoms. The average Bonchev–Trinajstić information content (AvgIpc) is 2.42. The molecule has 5 nitrogen and oxygen atoms in total. The van der Waals surface area contributed by atoms with E-state index in [9.17, 15) is 9.90 Å². The van der Waals surface area contributed by atoms with Crippen LogP contribution in [0.1, 0.15) is 6.42 Å². The van der Waals surface area contributed by atoms with E-state index in [1.807, 2.05) is 4.90 Å². The molecule has 1 aromatic rings. The first-order valence-corrected chi connectivity index (χ1v) is 6.16. The summed E-state index contributed by atoms with van der Waals surface area (Å²) in [6.07, 6.45) is 0.342. The third kappa shape index (κ3) is 3.37. The Kier molecular flexibility index (Phi) is 4.41. The van der Waals surface area contributed by atoms with Crippen LogP contribution in [0.3, 0.4) is 0 Å². The van der Waals surface area contributed by atoms with Gasteiger partial charge in [-0.05, 0) is 12.1 Å². The zero-order valence-electron chi connectivity index (χ0n) is 10.3. The van der Waals surface area contributed by atoms with Crippen LogP contribution in [0.15, 0.2) is 24.3 Å². The number of benzene rings is 1. The number of hydrogen-bond acceptors (Lipinski definition) is 4. The summed E-state index contributed by atoms with van der Waals surface area (Å²) in [5.74, 6) is 0.629. The van der Waals surface area contributed by atoms with Gasteiger partial charge in [0.15, 0.2) is 11.5 Å². The van der Waals surface area contributed by atoms with Crippen molar-refractivity contribution in [3.05, 3.63) is 24.3 Å². The Bertz CT molecular complexity index is 403. The van der Waals surface area contributed by atoms with Crippen molar-refractivity contribution in [2.75, 3.05) is 32.8 Å². The van der Waals surface area contributed by atoms with Gasteiger partial charge >= 0.3 is 0 Å². The molecule has 2 rings (SSSR count). The molecule has 2 N–H and O–H groups in total. The largest absolute Gasteiger partial charge is 0.504 e. The van der Waals surface area contributed by atoms with Crippen molar-refractivity contribution in [2.45, 2.75) is 6.42 Å². The van der Waals surface area contributed by atoms with Gasteiger partial charge < -0.3 is 20.1 Å². The van der Waals surface area contributed by atoms with Crippen molar-refractivity contribution >= 4 is 5.91 Å². The lowest BCUT2D eigenvalue weighted by atomic mass is 10.3. The molecule has 1 aliphatic rings. The van der Waals surface area contributed by atoms with Gasteiger partial charge in [-0.15, -0.1) is 0 Å². The molecular formula is C13H18N2O3. The van der Waals surface area contributed by atoms with Gasteiger partial charge in [0, 0.05) is 26.2 Å². The van der Waals surface area contributed by atoms with E-state index in [-0.39, 0.29) is 11.7 Å². The highest BCUT2D eigenvalue weighted by Crippen LogP contribution is 2.24. The van der Waals surface area contributed by atoms with Gasteiger partial charge in [0.25, 0.3) is 0 Å². The summed E-state index contributed by atoms with van der Waals surface area (Å²) in [5.41, 5.74) is 0. The minimum absolute atomic E-state index is 0.104. The van der Waals surface area contributed by atoms with Crippen molar-refractivity contribution in [1.29, 1.82) is 0 Å². The Hall–Kier alpha value is -1.75. The van der Waals surface area contributed by atoms with Crippen LogP contribution in [0.4, 0.5) is 0 Å². The molecule has 1 heterocycles. The Balaban J connectivity index is 1.75. The van der Waals surface area contributed by atoms with Gasteiger partial charge in [0.05, 0.1) is 13.0 Å². The van der Waals surface area contributed by atoms with Crippen molar-refractivity contribution in [3.63, 3.8) is 0 Å². The topological polar surface area (TPSA) is 61.8 Å². The molecular weight excluding hydrogens is 232 g/mol. The number of amides is 1. The molecule has 1 fully saturated rings. The van der Waals surface area contributed by atoms with E-state index in [0.717, 1.165) is 26.2 Å². The highest BCUT2D eigenvalue weighted by molar-refractivity contribution is 5.76. The van der Waals surface area contributed by atoms with Gasteiger partial charge in [-0.3, -0.25) is 4.79 Å². The lowest BCUT2D eigenvalue weighted by Crippen LogP contribution is -2.46. The fourth-order valence-electron chi connectivity index (χ4n) is 1.90. The Morgan fingerprint density at radius 2 is 2.06 bits per heavy atom. The number of para-hydroxylation sites is 2. The van der Waals surface area contributed by atoms with Crippen LogP contribution in [0.2, 0.25) is 0 Å². The summed E-state index contributed by atoms with van der Waals surface area (Å²) < 4.78 is 5.39. The first-order valence-electron chi connectivity index (χ1n) is 6.16. The second-order valence-electron chi connectivity index (χ2n) is 4.20. The predicted molar refractivity (Wildman–Crippen MR) is 67.7 cm³/mol. The van der Waals surface area contributed by atoms with Crippen LogP contribution >= 0.6 is 0 Å². The first kappa shape index (κ1) is 12.7. The number of rotatable bonds is 4. The van der Waals surface area contributed by atoms with Crippen LogP contribution < -0.4 is 10.1 Å². The quantitative estimate of drug-likeness (QED) is 0.821. The lowest BCUT2D eigenvalue weighted by molar-refractivity contribution is -0.132. The maximum Gasteiger partial charge on any atom is 0.226 e. The maximum atomic E-state index is 11.8. The van der Waals surface area contributed by atoms with Crippen molar-refractivity contribution in [1.82, 2.24) is 10.2 Å². The molecule has 0 spiro atoms. The Morgan fingerprint density at radius 3 is 2.78 bits per heavy atom. The summed E-state index contributed by atoms with van der Waals surface area (Å²) in [6, 6.07) is 6.76. The molecule has 1 aliphatic heterocycles. The molecule has 1 amide bonds. The molecule has 0 radical (unpaired) electrons. The van der Waals surface area contributed by atoms with E-state index in [1.54, 1.807) is 24.3 Å². The van der Waals surface area contributed by atoms with Gasteiger partial charge in [0.2, 0.25) is 5.91 Å². The molecule has 0 atom stereocenters. The number of nitrogens with one attached hydrogen (secondary N) is 1. The first-order chi connectivity index (χ1) is 8.77. The van der Waals surface area contributed by atoms with Crippen molar-refractivity contribution in [2.24, 2.45) is 0 Å². The zero-order valence-corrected chi connectivity index (χ0v) is 10.3. The van der Waals surface area contributed by atoms with Crippen LogP contribution in [-0.4, -0.2) is 48.7 Å². The summed E-state index contributed by atoms with van der Waals surface area (Å²) in [4.78, 5) is 13.7. The van der Waals surface area contributed by atoms with Gasteiger partial charge in [0.1, 0.15) is 0 Å². The van der Waals surface area contributed by atoms with E-state index in [1.165, 1.54) is 0 Å². The van der Waals surface area contributed by atoms with Crippen LogP contribution in [0, 0.1) is 0 Å². The number of hydrogen-bond donors (Lipinski definition) is 2. The predicted octanol–water partition coefficient (Wildman–Crippen LogP) is 0.593. The third-order valence-electron chi connectivity index (χ3n) is 2.91. The second-order valence-corrected chi connectivity index (χ2v) is 4.20. The number of piperazine rings is 1. The van der Waals surface area contributed by atoms with Crippen LogP contribution in [0.5, 0.6) is 11.5 Å². The summed E-state index contributed by atoms with van der Waals surface area (Å²) in [5, 5.41) is 12.7. The SMILES string of the molecule is O=C(CCOc1ccccc1O)N1CCNCC1. The van der Waals surface area contributed by atoms with E-state index >= 15 is 0 Å². The number of carbonyl (C=O) groups is 1. The van der Waals surface area contributed by atoms with E-state index < -0.39 is 0 Å². The number of phenols is 1.